The van der Waals surface area contributed by atoms with Crippen molar-refractivity contribution in [3.63, 3.8) is 0 Å². The maximum absolute atomic E-state index is 5.52. The van der Waals surface area contributed by atoms with Crippen molar-refractivity contribution in [2.75, 3.05) is 50.2 Å². The highest BCUT2D eigenvalue weighted by Gasteiger charge is 2.22. The summed E-state index contributed by atoms with van der Waals surface area (Å²) < 4.78 is 10.8. The van der Waals surface area contributed by atoms with Gasteiger partial charge in [0.05, 0.1) is 26.4 Å². The van der Waals surface area contributed by atoms with Gasteiger partial charge in [0.15, 0.2) is 5.82 Å². The van der Waals surface area contributed by atoms with E-state index in [0.29, 0.717) is 63.3 Å². The number of rotatable bonds is 12. The second-order valence-electron chi connectivity index (χ2n) is 6.53. The molecule has 8 heteroatoms. The second-order valence-corrected chi connectivity index (χ2v) is 6.53. The second kappa shape index (κ2) is 10.1. The fourth-order valence-electron chi connectivity index (χ4n) is 2.40. The van der Waals surface area contributed by atoms with Gasteiger partial charge < -0.3 is 25.8 Å². The minimum Gasteiger partial charge on any atom is -0.378 e. The lowest BCUT2D eigenvalue weighted by atomic mass is 10.1. The zero-order valence-corrected chi connectivity index (χ0v) is 15.8. The van der Waals surface area contributed by atoms with Crippen molar-refractivity contribution in [3.8, 4) is 11.4 Å². The Kier molecular flexibility index (Phi) is 7.32. The summed E-state index contributed by atoms with van der Waals surface area (Å²) >= 11 is 0. The number of ether oxygens (including phenoxy) is 2. The molecule has 8 nitrogen and oxygen atoms in total. The topological polar surface area (TPSA) is 107 Å². The lowest BCUT2D eigenvalue weighted by molar-refractivity contribution is 0.0547. The molecule has 1 aliphatic carbocycles. The Hall–Kier alpha value is -2.29. The number of nitrogens with zero attached hydrogens (tertiary/aromatic N) is 3. The Bertz CT molecular complexity index is 706. The van der Waals surface area contributed by atoms with Gasteiger partial charge >= 0.3 is 0 Å². The summed E-state index contributed by atoms with van der Waals surface area (Å²) in [5, 5.41) is 6.56. The number of nitrogens with one attached hydrogen (secondary N) is 2. The van der Waals surface area contributed by atoms with E-state index in [2.05, 4.69) is 44.6 Å². The number of benzene rings is 1. The molecule has 1 aliphatic rings. The van der Waals surface area contributed by atoms with E-state index in [9.17, 15) is 0 Å². The average Bonchev–Trinajstić information content (AvgIpc) is 3.48. The quantitative estimate of drug-likeness (QED) is 0.484. The van der Waals surface area contributed by atoms with Crippen LogP contribution in [0.15, 0.2) is 24.3 Å². The number of nitrogens with two attached hydrogens (primary N) is 1. The van der Waals surface area contributed by atoms with Crippen LogP contribution in [0.2, 0.25) is 0 Å². The smallest absolute Gasteiger partial charge is 0.228 e. The molecule has 1 aromatic heterocycles. The van der Waals surface area contributed by atoms with Gasteiger partial charge in [0.2, 0.25) is 11.9 Å². The van der Waals surface area contributed by atoms with Crippen LogP contribution in [0, 0.1) is 6.92 Å². The van der Waals surface area contributed by atoms with E-state index < -0.39 is 0 Å². The Morgan fingerprint density at radius 1 is 0.963 bits per heavy atom. The monoisotopic (exact) mass is 372 g/mol. The molecule has 2 aromatic rings. The van der Waals surface area contributed by atoms with Crippen LogP contribution in [-0.2, 0) is 9.47 Å². The molecule has 0 amide bonds. The predicted molar refractivity (Wildman–Crippen MR) is 106 cm³/mol. The molecule has 3 rings (SSSR count). The van der Waals surface area contributed by atoms with E-state index in [4.69, 9.17) is 15.2 Å². The van der Waals surface area contributed by atoms with Crippen molar-refractivity contribution in [1.29, 1.82) is 0 Å². The van der Waals surface area contributed by atoms with Gasteiger partial charge in [-0.15, -0.1) is 0 Å². The van der Waals surface area contributed by atoms with Gasteiger partial charge in [0, 0.05) is 24.7 Å². The summed E-state index contributed by atoms with van der Waals surface area (Å²) in [4.78, 5) is 13.6. The highest BCUT2D eigenvalue weighted by molar-refractivity contribution is 5.58. The standard InChI is InChI=1S/C19H28N6O2/c1-14-2-4-15(5-3-14)17-23-18(25-19(24-17)22-16-6-7-16)21-9-11-27-13-12-26-10-8-20/h2-5,16H,6-13,20H2,1H3,(H2,21,22,23,24,25). The van der Waals surface area contributed by atoms with Gasteiger partial charge in [-0.05, 0) is 19.8 Å². The van der Waals surface area contributed by atoms with Crippen LogP contribution in [-0.4, -0.2) is 60.5 Å². The van der Waals surface area contributed by atoms with Crippen LogP contribution in [0.5, 0.6) is 0 Å². The molecule has 27 heavy (non-hydrogen) atoms. The first-order valence-electron chi connectivity index (χ1n) is 9.43. The molecule has 0 unspecified atom stereocenters. The highest BCUT2D eigenvalue weighted by atomic mass is 16.5. The van der Waals surface area contributed by atoms with Gasteiger partial charge in [0.25, 0.3) is 0 Å². The fourth-order valence-corrected chi connectivity index (χ4v) is 2.40. The summed E-state index contributed by atoms with van der Waals surface area (Å²) in [6.07, 6.45) is 2.32. The Morgan fingerprint density at radius 2 is 1.67 bits per heavy atom. The van der Waals surface area contributed by atoms with Crippen LogP contribution < -0.4 is 16.4 Å². The van der Waals surface area contributed by atoms with Gasteiger partial charge in [-0.1, -0.05) is 29.8 Å². The Morgan fingerprint density at radius 3 is 2.37 bits per heavy atom. The summed E-state index contributed by atoms with van der Waals surface area (Å²) in [5.74, 6) is 1.82. The molecule has 0 radical (unpaired) electrons. The zero-order valence-electron chi connectivity index (χ0n) is 15.8. The number of hydrogen-bond donors (Lipinski definition) is 3. The van der Waals surface area contributed by atoms with Crippen LogP contribution in [0.1, 0.15) is 18.4 Å². The molecule has 0 aliphatic heterocycles. The predicted octanol–water partition coefficient (Wildman–Crippen LogP) is 1.83. The summed E-state index contributed by atoms with van der Waals surface area (Å²) in [5.41, 5.74) is 7.54. The number of anilines is 2. The van der Waals surface area contributed by atoms with Crippen LogP contribution in [0.25, 0.3) is 11.4 Å². The van der Waals surface area contributed by atoms with Gasteiger partial charge in [-0.2, -0.15) is 15.0 Å². The van der Waals surface area contributed by atoms with Crippen molar-refractivity contribution in [2.24, 2.45) is 5.73 Å². The van der Waals surface area contributed by atoms with Crippen LogP contribution in [0.4, 0.5) is 11.9 Å². The molecule has 0 spiro atoms. The molecule has 1 heterocycles. The molecule has 1 saturated carbocycles. The minimum absolute atomic E-state index is 0.475. The van der Waals surface area contributed by atoms with E-state index in [1.807, 2.05) is 12.1 Å². The lowest BCUT2D eigenvalue weighted by Crippen LogP contribution is -2.16. The normalized spacial score (nSPS) is 13.6. The first kappa shape index (κ1) is 19.5. The number of aromatic nitrogens is 3. The van der Waals surface area contributed by atoms with E-state index in [0.717, 1.165) is 18.4 Å². The minimum atomic E-state index is 0.475. The van der Waals surface area contributed by atoms with Gasteiger partial charge in [0.1, 0.15) is 0 Å². The SMILES string of the molecule is Cc1ccc(-c2nc(NCCOCCOCCN)nc(NC3CC3)n2)cc1. The Labute approximate surface area is 159 Å². The molecule has 1 fully saturated rings. The van der Waals surface area contributed by atoms with Crippen LogP contribution >= 0.6 is 0 Å². The maximum Gasteiger partial charge on any atom is 0.228 e. The highest BCUT2D eigenvalue weighted by Crippen LogP contribution is 2.25. The summed E-state index contributed by atoms with van der Waals surface area (Å²) in [7, 11) is 0. The van der Waals surface area contributed by atoms with Crippen molar-refractivity contribution < 1.29 is 9.47 Å². The van der Waals surface area contributed by atoms with Crippen molar-refractivity contribution in [2.45, 2.75) is 25.8 Å². The van der Waals surface area contributed by atoms with E-state index in [1.54, 1.807) is 0 Å². The molecule has 4 N–H and O–H groups in total. The van der Waals surface area contributed by atoms with Gasteiger partial charge in [-0.25, -0.2) is 0 Å². The first-order valence-corrected chi connectivity index (χ1v) is 9.43. The van der Waals surface area contributed by atoms with E-state index in [-0.39, 0.29) is 0 Å². The van der Waals surface area contributed by atoms with Crippen LogP contribution in [0.3, 0.4) is 0 Å². The molecule has 0 saturated heterocycles. The lowest BCUT2D eigenvalue weighted by Gasteiger charge is -2.10. The molecule has 0 bridgehead atoms. The number of aryl methyl sites for hydroxylation is 1. The fraction of sp³-hybridized carbons (Fsp3) is 0.526. The number of hydrogen-bond acceptors (Lipinski definition) is 8. The molecule has 1 aromatic carbocycles. The van der Waals surface area contributed by atoms with E-state index >= 15 is 0 Å². The average molecular weight is 372 g/mol. The molecule has 0 atom stereocenters. The molecular formula is C19H28N6O2. The van der Waals surface area contributed by atoms with Gasteiger partial charge in [-0.3, -0.25) is 0 Å². The third-order valence-corrected chi connectivity index (χ3v) is 4.02. The zero-order chi connectivity index (χ0) is 18.9. The third-order valence-electron chi connectivity index (χ3n) is 4.02. The largest absolute Gasteiger partial charge is 0.378 e. The van der Waals surface area contributed by atoms with E-state index in [1.165, 1.54) is 5.56 Å². The first-order chi connectivity index (χ1) is 13.2. The van der Waals surface area contributed by atoms with Crippen molar-refractivity contribution in [1.82, 2.24) is 15.0 Å². The third kappa shape index (κ3) is 6.74. The Balaban J connectivity index is 1.56. The summed E-state index contributed by atoms with van der Waals surface area (Å²) in [6, 6.07) is 8.64. The van der Waals surface area contributed by atoms with Crippen molar-refractivity contribution >= 4 is 11.9 Å². The molecule has 146 valence electrons. The molecular weight excluding hydrogens is 344 g/mol. The maximum atomic E-state index is 5.52. The van der Waals surface area contributed by atoms with Crippen molar-refractivity contribution in [3.05, 3.63) is 29.8 Å². The summed E-state index contributed by atoms with van der Waals surface area (Å²) in [6.45, 7) is 5.40.